The third-order valence-corrected chi connectivity index (χ3v) is 5.09. The molecule has 0 spiro atoms. The molecule has 0 aliphatic heterocycles. The van der Waals surface area contributed by atoms with Crippen molar-refractivity contribution in [1.29, 1.82) is 0 Å². The normalized spacial score (nSPS) is 12.0. The molecule has 0 saturated heterocycles. The standard InChI is InChI=1S/C16H20N4O2S/c1-19(2)15-9-5-13(6-10-15)17-18-14-7-11-16(12-8-14)23(21,22)20(3)4/h5-12H,1-4H3. The first-order valence-electron chi connectivity index (χ1n) is 7.02. The summed E-state index contributed by atoms with van der Waals surface area (Å²) in [5, 5.41) is 8.27. The molecule has 0 aromatic heterocycles. The molecule has 0 radical (unpaired) electrons. The van der Waals surface area contributed by atoms with Crippen molar-refractivity contribution in [2.24, 2.45) is 10.2 Å². The van der Waals surface area contributed by atoms with Gasteiger partial charge < -0.3 is 4.90 Å². The lowest BCUT2D eigenvalue weighted by atomic mass is 10.3. The van der Waals surface area contributed by atoms with Gasteiger partial charge in [0.15, 0.2) is 0 Å². The van der Waals surface area contributed by atoms with Gasteiger partial charge in [0.25, 0.3) is 0 Å². The Labute approximate surface area is 137 Å². The highest BCUT2D eigenvalue weighted by Gasteiger charge is 2.16. The predicted molar refractivity (Wildman–Crippen MR) is 92.3 cm³/mol. The summed E-state index contributed by atoms with van der Waals surface area (Å²) < 4.78 is 25.1. The number of nitrogens with zero attached hydrogens (tertiary/aromatic N) is 4. The molecule has 0 fully saturated rings. The zero-order valence-electron chi connectivity index (χ0n) is 13.6. The summed E-state index contributed by atoms with van der Waals surface area (Å²) in [7, 11) is 3.53. The summed E-state index contributed by atoms with van der Waals surface area (Å²) in [5.74, 6) is 0. The molecule has 0 aliphatic rings. The SMILES string of the molecule is CN(C)c1ccc(N=Nc2ccc(S(=O)(=O)N(C)C)cc2)cc1. The zero-order valence-corrected chi connectivity index (χ0v) is 14.4. The fraction of sp³-hybridized carbons (Fsp3) is 0.250. The zero-order chi connectivity index (χ0) is 17.0. The quantitative estimate of drug-likeness (QED) is 0.788. The Bertz CT molecular complexity index is 780. The van der Waals surface area contributed by atoms with Crippen LogP contribution in [0.25, 0.3) is 0 Å². The average molecular weight is 332 g/mol. The highest BCUT2D eigenvalue weighted by Crippen LogP contribution is 2.23. The minimum absolute atomic E-state index is 0.233. The fourth-order valence-corrected chi connectivity index (χ4v) is 2.73. The molecule has 0 saturated carbocycles. The summed E-state index contributed by atoms with van der Waals surface area (Å²) in [6, 6.07) is 14.0. The van der Waals surface area contributed by atoms with Crippen molar-refractivity contribution in [3.63, 3.8) is 0 Å². The largest absolute Gasteiger partial charge is 0.378 e. The van der Waals surface area contributed by atoms with Crippen LogP contribution in [0.2, 0.25) is 0 Å². The number of hydrogen-bond donors (Lipinski definition) is 0. The van der Waals surface area contributed by atoms with E-state index in [0.29, 0.717) is 5.69 Å². The number of azo groups is 1. The maximum Gasteiger partial charge on any atom is 0.242 e. The third-order valence-electron chi connectivity index (χ3n) is 3.26. The van der Waals surface area contributed by atoms with E-state index >= 15 is 0 Å². The van der Waals surface area contributed by atoms with Crippen LogP contribution in [-0.4, -0.2) is 40.9 Å². The second-order valence-corrected chi connectivity index (χ2v) is 7.54. The van der Waals surface area contributed by atoms with Crippen molar-refractivity contribution >= 4 is 27.1 Å². The molecule has 6 nitrogen and oxygen atoms in total. The highest BCUT2D eigenvalue weighted by molar-refractivity contribution is 7.89. The summed E-state index contributed by atoms with van der Waals surface area (Å²) >= 11 is 0. The highest BCUT2D eigenvalue weighted by atomic mass is 32.2. The molecule has 2 rings (SSSR count). The lowest BCUT2D eigenvalue weighted by molar-refractivity contribution is 0.521. The number of benzene rings is 2. The van der Waals surface area contributed by atoms with Crippen LogP contribution >= 0.6 is 0 Å². The third kappa shape index (κ3) is 4.14. The Kier molecular flexibility index (Phi) is 5.12. The molecule has 2 aromatic rings. The van der Waals surface area contributed by atoms with Crippen LogP contribution in [0.3, 0.4) is 0 Å². The molecule has 0 amide bonds. The van der Waals surface area contributed by atoms with Crippen LogP contribution in [0.5, 0.6) is 0 Å². The minimum atomic E-state index is -3.42. The van der Waals surface area contributed by atoms with Crippen molar-refractivity contribution in [2.45, 2.75) is 4.90 Å². The molecule has 0 aliphatic carbocycles. The molecule has 0 unspecified atom stereocenters. The average Bonchev–Trinajstić information content (AvgIpc) is 2.53. The number of sulfonamides is 1. The van der Waals surface area contributed by atoms with Gasteiger partial charge in [-0.25, -0.2) is 12.7 Å². The maximum atomic E-state index is 12.0. The molecule has 2 aromatic carbocycles. The lowest BCUT2D eigenvalue weighted by Crippen LogP contribution is -2.21. The predicted octanol–water partition coefficient (Wildman–Crippen LogP) is 3.42. The van der Waals surface area contributed by atoms with Crippen LogP contribution < -0.4 is 4.90 Å². The second-order valence-electron chi connectivity index (χ2n) is 5.39. The van der Waals surface area contributed by atoms with E-state index in [2.05, 4.69) is 10.2 Å². The molecule has 7 heteroatoms. The van der Waals surface area contributed by atoms with Gasteiger partial charge in [-0.2, -0.15) is 10.2 Å². The van der Waals surface area contributed by atoms with E-state index in [1.165, 1.54) is 30.5 Å². The smallest absolute Gasteiger partial charge is 0.242 e. The van der Waals surface area contributed by atoms with Crippen molar-refractivity contribution in [1.82, 2.24) is 4.31 Å². The Hall–Kier alpha value is -2.25. The van der Waals surface area contributed by atoms with Crippen molar-refractivity contribution in [3.05, 3.63) is 48.5 Å². The number of anilines is 1. The summed E-state index contributed by atoms with van der Waals surface area (Å²) in [5.41, 5.74) is 2.42. The molecule has 0 bridgehead atoms. The number of hydrogen-bond acceptors (Lipinski definition) is 5. The van der Waals surface area contributed by atoms with E-state index in [4.69, 9.17) is 0 Å². The second kappa shape index (κ2) is 6.89. The minimum Gasteiger partial charge on any atom is -0.378 e. The first-order chi connectivity index (χ1) is 10.8. The molecule has 0 N–H and O–H groups in total. The first kappa shape index (κ1) is 17.1. The van der Waals surface area contributed by atoms with E-state index in [1.54, 1.807) is 12.1 Å². The van der Waals surface area contributed by atoms with Crippen LogP contribution in [0.15, 0.2) is 63.7 Å². The van der Waals surface area contributed by atoms with Crippen LogP contribution in [0.4, 0.5) is 17.1 Å². The van der Waals surface area contributed by atoms with E-state index in [-0.39, 0.29) is 4.90 Å². The van der Waals surface area contributed by atoms with E-state index in [9.17, 15) is 8.42 Å². The molecule has 23 heavy (non-hydrogen) atoms. The monoisotopic (exact) mass is 332 g/mol. The van der Waals surface area contributed by atoms with E-state index in [0.717, 1.165) is 11.4 Å². The van der Waals surface area contributed by atoms with Gasteiger partial charge in [-0.15, -0.1) is 0 Å². The Morgan fingerprint density at radius 1 is 0.739 bits per heavy atom. The van der Waals surface area contributed by atoms with Crippen molar-refractivity contribution < 1.29 is 8.42 Å². The molecular formula is C16H20N4O2S. The van der Waals surface area contributed by atoms with Gasteiger partial charge in [0.2, 0.25) is 10.0 Å². The summed E-state index contributed by atoms with van der Waals surface area (Å²) in [4.78, 5) is 2.24. The van der Waals surface area contributed by atoms with Gasteiger partial charge in [0, 0.05) is 33.9 Å². The van der Waals surface area contributed by atoms with Gasteiger partial charge in [0.05, 0.1) is 16.3 Å². The molecular weight excluding hydrogens is 312 g/mol. The van der Waals surface area contributed by atoms with Crippen molar-refractivity contribution in [3.8, 4) is 0 Å². The van der Waals surface area contributed by atoms with Crippen LogP contribution in [0, 0.1) is 0 Å². The molecule has 0 heterocycles. The van der Waals surface area contributed by atoms with Gasteiger partial charge in [-0.1, -0.05) is 0 Å². The topological polar surface area (TPSA) is 65.3 Å². The van der Waals surface area contributed by atoms with Gasteiger partial charge in [0.1, 0.15) is 0 Å². The molecule has 122 valence electrons. The first-order valence-corrected chi connectivity index (χ1v) is 8.46. The maximum absolute atomic E-state index is 12.0. The lowest BCUT2D eigenvalue weighted by Gasteiger charge is -2.11. The fourth-order valence-electron chi connectivity index (χ4n) is 1.83. The van der Waals surface area contributed by atoms with Gasteiger partial charge in [-0.3, -0.25) is 0 Å². The van der Waals surface area contributed by atoms with Gasteiger partial charge in [-0.05, 0) is 48.5 Å². The van der Waals surface area contributed by atoms with E-state index < -0.39 is 10.0 Å². The van der Waals surface area contributed by atoms with Crippen LogP contribution in [0.1, 0.15) is 0 Å². The van der Waals surface area contributed by atoms with Crippen molar-refractivity contribution in [2.75, 3.05) is 33.1 Å². The Morgan fingerprint density at radius 2 is 1.17 bits per heavy atom. The summed E-state index contributed by atoms with van der Waals surface area (Å²) in [6.45, 7) is 0. The number of rotatable bonds is 5. The molecule has 0 atom stereocenters. The Morgan fingerprint density at radius 3 is 1.57 bits per heavy atom. The van der Waals surface area contributed by atoms with E-state index in [1.807, 2.05) is 43.3 Å². The summed E-state index contributed by atoms with van der Waals surface area (Å²) in [6.07, 6.45) is 0. The van der Waals surface area contributed by atoms with Crippen LogP contribution in [-0.2, 0) is 10.0 Å². The van der Waals surface area contributed by atoms with Gasteiger partial charge >= 0.3 is 0 Å². The Balaban J connectivity index is 2.14.